The summed E-state index contributed by atoms with van der Waals surface area (Å²) in [6.45, 7) is 0.107. The fraction of sp³-hybridized carbons (Fsp3) is 0.296. The highest BCUT2D eigenvalue weighted by Crippen LogP contribution is 2.51. The first kappa shape index (κ1) is 25.3. The van der Waals surface area contributed by atoms with Crippen LogP contribution >= 0.6 is 0 Å². The number of hydrogen-bond acceptors (Lipinski definition) is 5. The van der Waals surface area contributed by atoms with Crippen molar-refractivity contribution in [1.29, 1.82) is 0 Å². The monoisotopic (exact) mass is 531 g/mol. The molecule has 0 spiro atoms. The maximum atomic E-state index is 14.1. The summed E-state index contributed by atoms with van der Waals surface area (Å²) in [5.41, 5.74) is -0.695. The Morgan fingerprint density at radius 3 is 2.38 bits per heavy atom. The van der Waals surface area contributed by atoms with Crippen LogP contribution in [0, 0.1) is 0 Å². The molecule has 0 saturated heterocycles. The molecule has 0 aromatic heterocycles. The third kappa shape index (κ3) is 4.59. The summed E-state index contributed by atoms with van der Waals surface area (Å²) in [4.78, 5) is 13.2. The molecule has 3 aromatic rings. The third-order valence-electron chi connectivity index (χ3n) is 6.89. The number of fused-ring (bicyclic) bond motifs is 1. The molecule has 1 saturated carbocycles. The van der Waals surface area contributed by atoms with E-state index in [9.17, 15) is 26.4 Å². The maximum absolute atomic E-state index is 14.1. The van der Waals surface area contributed by atoms with Crippen molar-refractivity contribution in [2.24, 2.45) is 0 Å². The summed E-state index contributed by atoms with van der Waals surface area (Å²) in [5.74, 6) is 0.991. The van der Waals surface area contributed by atoms with Crippen molar-refractivity contribution in [2.45, 2.75) is 35.7 Å². The van der Waals surface area contributed by atoms with Crippen molar-refractivity contribution in [1.82, 2.24) is 4.31 Å². The first-order valence-corrected chi connectivity index (χ1v) is 13.0. The van der Waals surface area contributed by atoms with Crippen molar-refractivity contribution < 1.29 is 35.9 Å². The number of hydrogen-bond donors (Lipinski definition) is 0. The lowest BCUT2D eigenvalue weighted by atomic mass is 9.87. The Hall–Kier alpha value is -3.37. The van der Waals surface area contributed by atoms with Gasteiger partial charge in [0.1, 0.15) is 5.78 Å². The molecule has 37 heavy (non-hydrogen) atoms. The Labute approximate surface area is 212 Å². The molecule has 194 valence electrons. The number of Topliss-reactive ketones (excluding diaryl/α,β-unsaturated/α-hetero) is 1. The second kappa shape index (κ2) is 8.88. The predicted octanol–water partition coefficient (Wildman–Crippen LogP) is 5.19. The Balaban J connectivity index is 1.46. The van der Waals surface area contributed by atoms with Gasteiger partial charge in [0.2, 0.25) is 16.8 Å². The van der Waals surface area contributed by atoms with E-state index >= 15 is 0 Å². The minimum atomic E-state index is -4.71. The summed E-state index contributed by atoms with van der Waals surface area (Å²) in [6.07, 6.45) is -3.64. The zero-order valence-electron chi connectivity index (χ0n) is 20.1. The van der Waals surface area contributed by atoms with Gasteiger partial charge in [-0.25, -0.2) is 12.7 Å². The SMILES string of the molecule is CN(C)S(=O)(=O)c1cccc(-c2ccc(CC(=O)C3(c4ccc5c(c4)OCO5)CC3)cc2C(F)(F)F)c1. The Morgan fingerprint density at radius 2 is 1.70 bits per heavy atom. The number of carbonyl (C=O) groups excluding carboxylic acids is 1. The van der Waals surface area contributed by atoms with E-state index in [0.29, 0.717) is 24.3 Å². The third-order valence-corrected chi connectivity index (χ3v) is 8.70. The number of nitrogens with zero attached hydrogens (tertiary/aromatic N) is 1. The molecule has 0 radical (unpaired) electrons. The van der Waals surface area contributed by atoms with Gasteiger partial charge in [-0.2, -0.15) is 13.2 Å². The predicted molar refractivity (Wildman–Crippen MR) is 130 cm³/mol. The number of halogens is 3. The molecule has 1 aliphatic heterocycles. The van der Waals surface area contributed by atoms with Gasteiger partial charge in [-0.3, -0.25) is 4.79 Å². The van der Waals surface area contributed by atoms with Gasteiger partial charge in [0, 0.05) is 20.5 Å². The fourth-order valence-electron chi connectivity index (χ4n) is 4.62. The van der Waals surface area contributed by atoms with E-state index in [-0.39, 0.29) is 40.6 Å². The molecule has 6 nitrogen and oxygen atoms in total. The average molecular weight is 532 g/mol. The molecular formula is C27H24F3NO5S. The number of ketones is 1. The standard InChI is InChI=1S/C27H24F3NO5S/c1-31(2)37(33,34)20-5-3-4-18(14-20)21-8-6-17(12-22(21)27(28,29)30)13-25(32)26(10-11-26)19-7-9-23-24(15-19)36-16-35-23/h3-9,12,14-15H,10-11,13,16H2,1-2H3. The second-order valence-electron chi connectivity index (χ2n) is 9.44. The minimum absolute atomic E-state index is 0.107. The van der Waals surface area contributed by atoms with E-state index in [0.717, 1.165) is 15.9 Å². The average Bonchev–Trinajstić information content (AvgIpc) is 3.54. The van der Waals surface area contributed by atoms with Crippen LogP contribution in [0.1, 0.15) is 29.5 Å². The quantitative estimate of drug-likeness (QED) is 0.419. The lowest BCUT2D eigenvalue weighted by molar-refractivity contribution is -0.137. The zero-order chi connectivity index (χ0) is 26.6. The van der Waals surface area contributed by atoms with Crippen molar-refractivity contribution in [3.05, 3.63) is 77.4 Å². The summed E-state index contributed by atoms with van der Waals surface area (Å²) in [6, 6.07) is 14.5. The lowest BCUT2D eigenvalue weighted by Crippen LogP contribution is -2.23. The molecule has 1 heterocycles. The van der Waals surface area contributed by atoms with Crippen molar-refractivity contribution in [3.8, 4) is 22.6 Å². The molecule has 1 fully saturated rings. The molecule has 0 N–H and O–H groups in total. The van der Waals surface area contributed by atoms with E-state index in [1.165, 1.54) is 50.5 Å². The van der Waals surface area contributed by atoms with E-state index in [1.54, 1.807) is 18.2 Å². The maximum Gasteiger partial charge on any atom is 0.417 e. The van der Waals surface area contributed by atoms with Gasteiger partial charge in [0.25, 0.3) is 0 Å². The van der Waals surface area contributed by atoms with Crippen molar-refractivity contribution in [3.63, 3.8) is 0 Å². The minimum Gasteiger partial charge on any atom is -0.454 e. The molecule has 0 bridgehead atoms. The summed E-state index contributed by atoms with van der Waals surface area (Å²) >= 11 is 0. The molecule has 0 unspecified atom stereocenters. The number of sulfonamides is 1. The topological polar surface area (TPSA) is 72.9 Å². The molecule has 2 aliphatic rings. The number of rotatable bonds is 7. The first-order chi connectivity index (χ1) is 17.4. The second-order valence-corrected chi connectivity index (χ2v) is 11.6. The molecule has 5 rings (SSSR count). The first-order valence-electron chi connectivity index (χ1n) is 11.6. The van der Waals surface area contributed by atoms with Gasteiger partial charge in [-0.15, -0.1) is 0 Å². The van der Waals surface area contributed by atoms with Crippen molar-refractivity contribution in [2.75, 3.05) is 20.9 Å². The molecule has 0 amide bonds. The molecule has 0 atom stereocenters. The van der Waals surface area contributed by atoms with Crippen LogP contribution in [0.15, 0.2) is 65.6 Å². The van der Waals surface area contributed by atoms with Crippen LogP contribution in [0.25, 0.3) is 11.1 Å². The van der Waals surface area contributed by atoms with Gasteiger partial charge in [0.05, 0.1) is 15.9 Å². The smallest absolute Gasteiger partial charge is 0.417 e. The number of benzene rings is 3. The summed E-state index contributed by atoms with van der Waals surface area (Å²) < 4.78 is 79.1. The fourth-order valence-corrected chi connectivity index (χ4v) is 5.57. The van der Waals surface area contributed by atoms with Gasteiger partial charge in [0.15, 0.2) is 11.5 Å². The largest absolute Gasteiger partial charge is 0.454 e. The van der Waals surface area contributed by atoms with Crippen LogP contribution in [-0.4, -0.2) is 39.4 Å². The van der Waals surface area contributed by atoms with Gasteiger partial charge in [-0.05, 0) is 65.4 Å². The molecular weight excluding hydrogens is 507 g/mol. The van der Waals surface area contributed by atoms with E-state index in [1.807, 2.05) is 0 Å². The van der Waals surface area contributed by atoms with E-state index in [4.69, 9.17) is 9.47 Å². The van der Waals surface area contributed by atoms with Crippen LogP contribution in [0.5, 0.6) is 11.5 Å². The molecule has 1 aliphatic carbocycles. The van der Waals surface area contributed by atoms with Gasteiger partial charge in [-0.1, -0.05) is 30.3 Å². The van der Waals surface area contributed by atoms with Gasteiger partial charge >= 0.3 is 6.18 Å². The highest BCUT2D eigenvalue weighted by Gasteiger charge is 2.51. The highest BCUT2D eigenvalue weighted by molar-refractivity contribution is 7.89. The molecule has 3 aromatic carbocycles. The van der Waals surface area contributed by atoms with Gasteiger partial charge < -0.3 is 9.47 Å². The Bertz CT molecular complexity index is 1490. The number of alkyl halides is 3. The zero-order valence-corrected chi connectivity index (χ0v) is 20.9. The normalized spacial score (nSPS) is 16.2. The van der Waals surface area contributed by atoms with Crippen LogP contribution in [0.3, 0.4) is 0 Å². The summed E-state index contributed by atoms with van der Waals surface area (Å²) in [7, 11) is -1.12. The van der Waals surface area contributed by atoms with E-state index in [2.05, 4.69) is 0 Å². The number of ether oxygens (including phenoxy) is 2. The molecule has 10 heteroatoms. The van der Waals surface area contributed by atoms with Crippen LogP contribution < -0.4 is 9.47 Å². The Morgan fingerprint density at radius 1 is 0.973 bits per heavy atom. The highest BCUT2D eigenvalue weighted by atomic mass is 32.2. The number of carbonyl (C=O) groups is 1. The lowest BCUT2D eigenvalue weighted by Gasteiger charge is -2.18. The van der Waals surface area contributed by atoms with Crippen LogP contribution in [0.2, 0.25) is 0 Å². The van der Waals surface area contributed by atoms with Crippen LogP contribution in [0.4, 0.5) is 13.2 Å². The van der Waals surface area contributed by atoms with Crippen LogP contribution in [-0.2, 0) is 32.8 Å². The Kier molecular flexibility index (Phi) is 6.07. The summed E-state index contributed by atoms with van der Waals surface area (Å²) in [5, 5.41) is 0. The van der Waals surface area contributed by atoms with Crippen molar-refractivity contribution >= 4 is 15.8 Å². The van der Waals surface area contributed by atoms with E-state index < -0.39 is 27.2 Å².